The lowest BCUT2D eigenvalue weighted by atomic mass is 9.96. The molecule has 1 fully saturated rings. The molecule has 0 spiro atoms. The van der Waals surface area contributed by atoms with Gasteiger partial charge in [-0.2, -0.15) is 0 Å². The molecule has 0 bridgehead atoms. The molecule has 3 rings (SSSR count). The van der Waals surface area contributed by atoms with Crippen LogP contribution in [0.5, 0.6) is 0 Å². The molecular formula is C15H22N2O. The second-order valence-electron chi connectivity index (χ2n) is 5.74. The van der Waals surface area contributed by atoms with Crippen molar-refractivity contribution in [2.45, 2.75) is 31.2 Å². The fourth-order valence-corrected chi connectivity index (χ4v) is 2.97. The lowest BCUT2D eigenvalue weighted by molar-refractivity contribution is 0.171. The molecule has 1 aromatic carbocycles. The first-order valence-electron chi connectivity index (χ1n) is 6.92. The van der Waals surface area contributed by atoms with E-state index >= 15 is 0 Å². The summed E-state index contributed by atoms with van der Waals surface area (Å²) in [5.74, 6) is 0.652. The van der Waals surface area contributed by atoms with E-state index < -0.39 is 0 Å². The first-order valence-corrected chi connectivity index (χ1v) is 6.92. The Hall–Kier alpha value is -1.06. The van der Waals surface area contributed by atoms with E-state index in [1.807, 2.05) is 0 Å². The van der Waals surface area contributed by atoms with Crippen molar-refractivity contribution in [3.8, 4) is 0 Å². The van der Waals surface area contributed by atoms with Crippen molar-refractivity contribution >= 4 is 5.69 Å². The molecule has 98 valence electrons. The summed E-state index contributed by atoms with van der Waals surface area (Å²) in [6, 6.07) is 8.66. The van der Waals surface area contributed by atoms with E-state index in [9.17, 15) is 0 Å². The molecule has 1 saturated heterocycles. The van der Waals surface area contributed by atoms with Crippen molar-refractivity contribution in [3.63, 3.8) is 0 Å². The molecule has 2 N–H and O–H groups in total. The van der Waals surface area contributed by atoms with Crippen LogP contribution in [0, 0.1) is 0 Å². The van der Waals surface area contributed by atoms with E-state index in [-0.39, 0.29) is 5.54 Å². The van der Waals surface area contributed by atoms with Crippen LogP contribution in [-0.2, 0) is 4.74 Å². The Morgan fingerprint density at radius 1 is 1.44 bits per heavy atom. The Morgan fingerprint density at radius 3 is 3.17 bits per heavy atom. The second-order valence-corrected chi connectivity index (χ2v) is 5.74. The van der Waals surface area contributed by atoms with Crippen molar-refractivity contribution < 1.29 is 4.74 Å². The number of nitrogens with one attached hydrogen (secondary N) is 2. The lowest BCUT2D eigenvalue weighted by Gasteiger charge is -2.24. The average Bonchev–Trinajstić information content (AvgIpc) is 2.97. The van der Waals surface area contributed by atoms with Gasteiger partial charge in [0.1, 0.15) is 0 Å². The molecule has 3 heteroatoms. The molecule has 2 aliphatic rings. The molecule has 2 unspecified atom stereocenters. The minimum atomic E-state index is 0.200. The van der Waals surface area contributed by atoms with Gasteiger partial charge in [0.25, 0.3) is 0 Å². The second kappa shape index (κ2) is 4.90. The number of para-hydroxylation sites is 1. The smallest absolute Gasteiger partial charge is 0.0646 e. The van der Waals surface area contributed by atoms with E-state index in [1.165, 1.54) is 17.7 Å². The Kier molecular flexibility index (Phi) is 3.27. The third-order valence-corrected chi connectivity index (χ3v) is 4.20. The summed E-state index contributed by atoms with van der Waals surface area (Å²) < 4.78 is 5.46. The molecule has 1 aromatic rings. The molecule has 0 saturated carbocycles. The number of hydrogen-bond acceptors (Lipinski definition) is 3. The number of hydrogen-bond donors (Lipinski definition) is 2. The SMILES string of the molecule is CC1(NCCC2CNc3ccccc32)CCOC1. The van der Waals surface area contributed by atoms with Crippen molar-refractivity contribution in [1.29, 1.82) is 0 Å². The summed E-state index contributed by atoms with van der Waals surface area (Å²) in [7, 11) is 0. The van der Waals surface area contributed by atoms with E-state index in [4.69, 9.17) is 4.74 Å². The van der Waals surface area contributed by atoms with Gasteiger partial charge in [0.2, 0.25) is 0 Å². The highest BCUT2D eigenvalue weighted by Gasteiger charge is 2.29. The van der Waals surface area contributed by atoms with Gasteiger partial charge in [-0.15, -0.1) is 0 Å². The maximum absolute atomic E-state index is 5.46. The van der Waals surface area contributed by atoms with Gasteiger partial charge in [0.05, 0.1) is 6.61 Å². The number of fused-ring (bicyclic) bond motifs is 1. The number of rotatable bonds is 4. The number of ether oxygens (including phenoxy) is 1. The standard InChI is InChI=1S/C15H22N2O/c1-15(7-9-18-11-15)17-8-6-12-10-16-14-5-3-2-4-13(12)14/h2-5,12,16-17H,6-11H2,1H3. The maximum Gasteiger partial charge on any atom is 0.0646 e. The molecule has 3 nitrogen and oxygen atoms in total. The molecular weight excluding hydrogens is 224 g/mol. The summed E-state index contributed by atoms with van der Waals surface area (Å²) in [6.07, 6.45) is 2.33. The number of anilines is 1. The van der Waals surface area contributed by atoms with Gasteiger partial charge in [-0.1, -0.05) is 18.2 Å². The fraction of sp³-hybridized carbons (Fsp3) is 0.600. The van der Waals surface area contributed by atoms with Gasteiger partial charge in [-0.25, -0.2) is 0 Å². The highest BCUT2D eigenvalue weighted by Crippen LogP contribution is 2.33. The normalized spacial score (nSPS) is 30.2. The van der Waals surface area contributed by atoms with Crippen LogP contribution < -0.4 is 10.6 Å². The van der Waals surface area contributed by atoms with Gasteiger partial charge in [-0.3, -0.25) is 0 Å². The van der Waals surface area contributed by atoms with E-state index in [2.05, 4.69) is 41.8 Å². The van der Waals surface area contributed by atoms with Crippen LogP contribution in [0.1, 0.15) is 31.2 Å². The Morgan fingerprint density at radius 2 is 2.33 bits per heavy atom. The zero-order chi connectivity index (χ0) is 12.4. The molecule has 18 heavy (non-hydrogen) atoms. The van der Waals surface area contributed by atoms with Crippen LogP contribution >= 0.6 is 0 Å². The van der Waals surface area contributed by atoms with Crippen LogP contribution in [0.4, 0.5) is 5.69 Å². The van der Waals surface area contributed by atoms with Gasteiger partial charge in [-0.05, 0) is 37.9 Å². The van der Waals surface area contributed by atoms with Crippen LogP contribution in [0.2, 0.25) is 0 Å². The zero-order valence-corrected chi connectivity index (χ0v) is 11.0. The predicted octanol–water partition coefficient (Wildman–Crippen LogP) is 2.35. The number of benzene rings is 1. The van der Waals surface area contributed by atoms with Crippen molar-refractivity contribution in [2.75, 3.05) is 31.6 Å². The zero-order valence-electron chi connectivity index (χ0n) is 11.0. The van der Waals surface area contributed by atoms with Crippen LogP contribution in [-0.4, -0.2) is 31.8 Å². The predicted molar refractivity (Wildman–Crippen MR) is 74.1 cm³/mol. The quantitative estimate of drug-likeness (QED) is 0.855. The summed E-state index contributed by atoms with van der Waals surface area (Å²) >= 11 is 0. The Labute approximate surface area is 109 Å². The summed E-state index contributed by atoms with van der Waals surface area (Å²) in [4.78, 5) is 0. The largest absolute Gasteiger partial charge is 0.384 e. The monoisotopic (exact) mass is 246 g/mol. The summed E-state index contributed by atoms with van der Waals surface area (Å²) in [6.45, 7) is 6.17. The van der Waals surface area contributed by atoms with Crippen LogP contribution in [0.25, 0.3) is 0 Å². The van der Waals surface area contributed by atoms with E-state index in [0.717, 1.165) is 32.7 Å². The van der Waals surface area contributed by atoms with Crippen LogP contribution in [0.3, 0.4) is 0 Å². The summed E-state index contributed by atoms with van der Waals surface area (Å²) in [5, 5.41) is 7.15. The minimum absolute atomic E-state index is 0.200. The van der Waals surface area contributed by atoms with E-state index in [1.54, 1.807) is 0 Å². The highest BCUT2D eigenvalue weighted by molar-refractivity contribution is 5.57. The third-order valence-electron chi connectivity index (χ3n) is 4.20. The van der Waals surface area contributed by atoms with Crippen molar-refractivity contribution in [1.82, 2.24) is 5.32 Å². The molecule has 0 aliphatic carbocycles. The van der Waals surface area contributed by atoms with E-state index in [0.29, 0.717) is 5.92 Å². The molecule has 0 radical (unpaired) electrons. The first kappa shape index (κ1) is 12.0. The average molecular weight is 246 g/mol. The maximum atomic E-state index is 5.46. The van der Waals surface area contributed by atoms with Crippen molar-refractivity contribution in [2.24, 2.45) is 0 Å². The minimum Gasteiger partial charge on any atom is -0.384 e. The third kappa shape index (κ3) is 2.38. The molecule has 0 amide bonds. The lowest BCUT2D eigenvalue weighted by Crippen LogP contribution is -2.43. The van der Waals surface area contributed by atoms with Crippen molar-refractivity contribution in [3.05, 3.63) is 29.8 Å². The Balaban J connectivity index is 1.53. The molecule has 0 aromatic heterocycles. The topological polar surface area (TPSA) is 33.3 Å². The Bertz CT molecular complexity index is 413. The summed E-state index contributed by atoms with van der Waals surface area (Å²) in [5.41, 5.74) is 3.00. The van der Waals surface area contributed by atoms with Gasteiger partial charge < -0.3 is 15.4 Å². The molecule has 2 atom stereocenters. The molecule has 2 aliphatic heterocycles. The van der Waals surface area contributed by atoms with Gasteiger partial charge in [0, 0.05) is 30.3 Å². The first-order chi connectivity index (χ1) is 8.77. The highest BCUT2D eigenvalue weighted by atomic mass is 16.5. The molecule has 2 heterocycles. The van der Waals surface area contributed by atoms with Gasteiger partial charge in [0.15, 0.2) is 0 Å². The van der Waals surface area contributed by atoms with Gasteiger partial charge >= 0.3 is 0 Å². The fourth-order valence-electron chi connectivity index (χ4n) is 2.97. The van der Waals surface area contributed by atoms with Crippen LogP contribution in [0.15, 0.2) is 24.3 Å².